The fourth-order valence-electron chi connectivity index (χ4n) is 2.75. The van der Waals surface area contributed by atoms with Gasteiger partial charge in [-0.05, 0) is 6.42 Å². The Morgan fingerprint density at radius 1 is 0.821 bits per heavy atom. The van der Waals surface area contributed by atoms with Gasteiger partial charge >= 0.3 is 59.1 Å². The molecule has 0 aliphatic rings. The minimum atomic E-state index is -4.77. The van der Waals surface area contributed by atoms with Crippen molar-refractivity contribution in [2.24, 2.45) is 0 Å². The minimum absolute atomic E-state index is 0. The summed E-state index contributed by atoms with van der Waals surface area (Å²) in [6, 6.07) is 0. The SMILES string of the molecule is C=CC(S(=O)(=O)O)S(=O)(=O)OCCCCCCCCCCCCCCC.[H-].[H-].[Na+].[Na+]. The number of rotatable bonds is 18. The summed E-state index contributed by atoms with van der Waals surface area (Å²) in [6.07, 6.45) is 15.8. The zero-order valence-electron chi connectivity index (χ0n) is 20.1. The van der Waals surface area contributed by atoms with E-state index in [4.69, 9.17) is 4.55 Å². The average Bonchev–Trinajstić information content (AvgIpc) is 2.54. The molecule has 6 nitrogen and oxygen atoms in total. The monoisotopic (exact) mass is 460 g/mol. The molecule has 0 saturated carbocycles. The van der Waals surface area contributed by atoms with Crippen molar-refractivity contribution in [1.29, 1.82) is 0 Å². The second kappa shape index (κ2) is 20.5. The molecule has 0 fully saturated rings. The van der Waals surface area contributed by atoms with Crippen LogP contribution in [0.25, 0.3) is 0 Å². The van der Waals surface area contributed by atoms with Crippen molar-refractivity contribution in [3.63, 3.8) is 0 Å². The van der Waals surface area contributed by atoms with E-state index < -0.39 is 24.8 Å². The van der Waals surface area contributed by atoms with Crippen LogP contribution in [0.15, 0.2) is 12.7 Å². The molecule has 0 heterocycles. The largest absolute Gasteiger partial charge is 1.00 e. The maximum absolute atomic E-state index is 11.7. The molecule has 1 atom stereocenters. The average molecular weight is 461 g/mol. The smallest absolute Gasteiger partial charge is 1.00 e. The van der Waals surface area contributed by atoms with Gasteiger partial charge in [0.15, 0.2) is 0 Å². The Morgan fingerprint density at radius 2 is 1.18 bits per heavy atom. The summed E-state index contributed by atoms with van der Waals surface area (Å²) in [4.78, 5) is 0. The van der Waals surface area contributed by atoms with Crippen LogP contribution in [0.4, 0.5) is 0 Å². The third-order valence-corrected chi connectivity index (χ3v) is 7.74. The van der Waals surface area contributed by atoms with E-state index in [0.29, 0.717) is 12.5 Å². The first-order valence-electron chi connectivity index (χ1n) is 9.72. The Balaban J connectivity index is -0.000000521. The maximum Gasteiger partial charge on any atom is 1.00 e. The first-order valence-corrected chi connectivity index (χ1v) is 12.7. The molecule has 0 amide bonds. The Labute approximate surface area is 220 Å². The van der Waals surface area contributed by atoms with Crippen molar-refractivity contribution in [2.45, 2.75) is 95.0 Å². The van der Waals surface area contributed by atoms with E-state index in [9.17, 15) is 16.8 Å². The molecule has 28 heavy (non-hydrogen) atoms. The molecular formula is C18H38Na2O6S2. The molecule has 1 unspecified atom stereocenters. The van der Waals surface area contributed by atoms with Gasteiger partial charge in [0.25, 0.3) is 20.2 Å². The third-order valence-electron chi connectivity index (χ3n) is 4.27. The number of hydrogen-bond donors (Lipinski definition) is 1. The van der Waals surface area contributed by atoms with Crippen molar-refractivity contribution in [3.8, 4) is 0 Å². The van der Waals surface area contributed by atoms with Crippen LogP contribution in [0.5, 0.6) is 0 Å². The summed E-state index contributed by atoms with van der Waals surface area (Å²) in [6.45, 7) is 5.25. The van der Waals surface area contributed by atoms with Gasteiger partial charge in [0.05, 0.1) is 6.61 Å². The second-order valence-electron chi connectivity index (χ2n) is 6.68. The standard InChI is InChI=1S/C18H36O6S2.2Na.2H/c1-3-5-6-7-8-9-10-11-12-13-14-15-16-17-24-26(22,23)18(4-2)25(19,20)21;;;;/h4,18H,2-3,5-17H2,1H3,(H,19,20,21);;;;/q;2*+1;2*-1. The molecular weight excluding hydrogens is 422 g/mol. The molecule has 0 spiro atoms. The first-order chi connectivity index (χ1) is 12.3. The van der Waals surface area contributed by atoms with Gasteiger partial charge in [-0.15, -0.1) is 6.58 Å². The van der Waals surface area contributed by atoms with Crippen LogP contribution >= 0.6 is 0 Å². The number of hydrogen-bond acceptors (Lipinski definition) is 5. The summed E-state index contributed by atoms with van der Waals surface area (Å²) < 4.78 is 56.8. The van der Waals surface area contributed by atoms with Gasteiger partial charge in [-0.2, -0.15) is 16.8 Å². The van der Waals surface area contributed by atoms with E-state index in [-0.39, 0.29) is 68.6 Å². The van der Waals surface area contributed by atoms with Gasteiger partial charge in [-0.1, -0.05) is 90.0 Å². The van der Waals surface area contributed by atoms with Gasteiger partial charge in [-0.25, -0.2) is 0 Å². The Kier molecular flexibility index (Phi) is 25.0. The molecule has 0 aliphatic heterocycles. The molecule has 0 saturated heterocycles. The van der Waals surface area contributed by atoms with Gasteiger partial charge < -0.3 is 2.85 Å². The van der Waals surface area contributed by atoms with E-state index in [1.165, 1.54) is 57.8 Å². The van der Waals surface area contributed by atoms with Gasteiger partial charge in [0.2, 0.25) is 4.58 Å². The zero-order valence-corrected chi connectivity index (χ0v) is 23.7. The van der Waals surface area contributed by atoms with Crippen molar-refractivity contribution in [3.05, 3.63) is 12.7 Å². The molecule has 0 rings (SSSR count). The van der Waals surface area contributed by atoms with E-state index in [2.05, 4.69) is 17.7 Å². The quantitative estimate of drug-likeness (QED) is 0.0932. The topological polar surface area (TPSA) is 97.7 Å². The maximum atomic E-state index is 11.7. The van der Waals surface area contributed by atoms with Crippen molar-refractivity contribution in [1.82, 2.24) is 0 Å². The summed E-state index contributed by atoms with van der Waals surface area (Å²) in [5.41, 5.74) is 0. The molecule has 0 aromatic heterocycles. The predicted octanol–water partition coefficient (Wildman–Crippen LogP) is -0.943. The van der Waals surface area contributed by atoms with Crippen LogP contribution in [-0.4, -0.2) is 32.6 Å². The fourth-order valence-corrected chi connectivity index (χ4v) is 5.07. The fraction of sp³-hybridized carbons (Fsp3) is 0.889. The van der Waals surface area contributed by atoms with Crippen molar-refractivity contribution >= 4 is 20.2 Å². The molecule has 160 valence electrons. The van der Waals surface area contributed by atoms with Crippen molar-refractivity contribution < 1.29 is 87.5 Å². The van der Waals surface area contributed by atoms with Gasteiger partial charge in [-0.3, -0.25) is 8.74 Å². The first kappa shape index (κ1) is 34.2. The van der Waals surface area contributed by atoms with Crippen LogP contribution in [0.2, 0.25) is 0 Å². The molecule has 0 radical (unpaired) electrons. The summed E-state index contributed by atoms with van der Waals surface area (Å²) in [7, 11) is -9.18. The van der Waals surface area contributed by atoms with E-state index in [0.717, 1.165) is 19.3 Å². The molecule has 0 aromatic carbocycles. The molecule has 10 heteroatoms. The van der Waals surface area contributed by atoms with E-state index in [1.807, 2.05) is 0 Å². The third kappa shape index (κ3) is 18.3. The summed E-state index contributed by atoms with van der Waals surface area (Å²) in [5, 5.41) is 0. The number of unbranched alkanes of at least 4 members (excludes halogenated alkanes) is 12. The van der Waals surface area contributed by atoms with Crippen LogP contribution in [0.3, 0.4) is 0 Å². The summed E-state index contributed by atoms with van der Waals surface area (Å²) in [5.74, 6) is 0. The molecule has 0 aromatic rings. The van der Waals surface area contributed by atoms with E-state index >= 15 is 0 Å². The minimum Gasteiger partial charge on any atom is -1.00 e. The van der Waals surface area contributed by atoms with Crippen LogP contribution < -0.4 is 59.1 Å². The van der Waals surface area contributed by atoms with Crippen molar-refractivity contribution in [2.75, 3.05) is 6.61 Å². The van der Waals surface area contributed by atoms with Crippen LogP contribution in [0, 0.1) is 0 Å². The zero-order chi connectivity index (χ0) is 19.9. The van der Waals surface area contributed by atoms with Crippen LogP contribution in [0.1, 0.15) is 93.2 Å². The second-order valence-corrected chi connectivity index (χ2v) is 10.2. The Hall–Kier alpha value is 1.56. The molecule has 0 bridgehead atoms. The summed E-state index contributed by atoms with van der Waals surface area (Å²) >= 11 is 0. The van der Waals surface area contributed by atoms with E-state index in [1.54, 1.807) is 0 Å². The Bertz CT molecular complexity index is 575. The van der Waals surface area contributed by atoms with Crippen LogP contribution in [-0.2, 0) is 24.4 Å². The molecule has 0 aliphatic carbocycles. The predicted molar refractivity (Wildman–Crippen MR) is 108 cm³/mol. The Morgan fingerprint density at radius 3 is 1.50 bits per heavy atom. The van der Waals surface area contributed by atoms with Gasteiger partial charge in [0, 0.05) is 0 Å². The van der Waals surface area contributed by atoms with Gasteiger partial charge in [0.1, 0.15) is 0 Å². The molecule has 1 N–H and O–H groups in total. The normalized spacial score (nSPS) is 12.6.